The molecule has 1 N–H and O–H groups in total. The summed E-state index contributed by atoms with van der Waals surface area (Å²) < 4.78 is 5.33. The van der Waals surface area contributed by atoms with Gasteiger partial charge < -0.3 is 10.1 Å². The van der Waals surface area contributed by atoms with E-state index in [2.05, 4.69) is 24.1 Å². The van der Waals surface area contributed by atoms with Gasteiger partial charge in [0.25, 0.3) is 5.91 Å². The van der Waals surface area contributed by atoms with Crippen LogP contribution in [0.3, 0.4) is 0 Å². The van der Waals surface area contributed by atoms with E-state index in [1.54, 1.807) is 18.3 Å². The van der Waals surface area contributed by atoms with Crippen LogP contribution in [0.25, 0.3) is 0 Å². The van der Waals surface area contributed by atoms with Crippen LogP contribution in [0.4, 0.5) is 0 Å². The lowest BCUT2D eigenvalue weighted by atomic mass is 10.1. The number of hydrogen-bond donors (Lipinski definition) is 1. The molecule has 0 spiro atoms. The van der Waals surface area contributed by atoms with Crippen molar-refractivity contribution in [3.8, 4) is 5.88 Å². The van der Waals surface area contributed by atoms with Gasteiger partial charge in [-0.05, 0) is 37.8 Å². The van der Waals surface area contributed by atoms with Gasteiger partial charge in [-0.15, -0.1) is 0 Å². The van der Waals surface area contributed by atoms with Crippen molar-refractivity contribution in [2.75, 3.05) is 13.2 Å². The van der Waals surface area contributed by atoms with Gasteiger partial charge in [0.2, 0.25) is 5.88 Å². The molecule has 0 aromatic carbocycles. The number of aromatic nitrogens is 1. The second kappa shape index (κ2) is 7.69. The molecule has 0 bridgehead atoms. The summed E-state index contributed by atoms with van der Waals surface area (Å²) in [4.78, 5) is 16.0. The van der Waals surface area contributed by atoms with E-state index < -0.39 is 0 Å². The van der Waals surface area contributed by atoms with Gasteiger partial charge in [0.05, 0.1) is 6.61 Å². The summed E-state index contributed by atoms with van der Waals surface area (Å²) in [7, 11) is 0. The average molecular weight is 250 g/mol. The maximum absolute atomic E-state index is 12.0. The van der Waals surface area contributed by atoms with E-state index in [0.717, 1.165) is 12.8 Å². The van der Waals surface area contributed by atoms with E-state index in [4.69, 9.17) is 4.74 Å². The maximum atomic E-state index is 12.0. The number of nitrogens with one attached hydrogen (secondary N) is 1. The number of ether oxygens (including phenoxy) is 1. The molecule has 1 aromatic heterocycles. The van der Waals surface area contributed by atoms with E-state index in [1.165, 1.54) is 0 Å². The number of amides is 1. The van der Waals surface area contributed by atoms with Gasteiger partial charge in [0, 0.05) is 12.7 Å². The molecule has 0 aliphatic rings. The third-order valence-corrected chi connectivity index (χ3v) is 2.54. The molecule has 0 saturated heterocycles. The van der Waals surface area contributed by atoms with Crippen molar-refractivity contribution >= 4 is 5.91 Å². The molecular formula is C14H22N2O2. The number of rotatable bonds is 7. The molecule has 0 aliphatic heterocycles. The molecule has 0 atom stereocenters. The Kier molecular flexibility index (Phi) is 6.19. The van der Waals surface area contributed by atoms with Crippen LogP contribution in [0.1, 0.15) is 44.0 Å². The van der Waals surface area contributed by atoms with E-state index >= 15 is 0 Å². The van der Waals surface area contributed by atoms with Crippen LogP contribution in [0.15, 0.2) is 18.3 Å². The SMILES string of the molecule is CCOc1ncccc1C(=O)NCCCC(C)C. The van der Waals surface area contributed by atoms with E-state index in [-0.39, 0.29) is 5.91 Å². The number of hydrogen-bond acceptors (Lipinski definition) is 3. The second-order valence-electron chi connectivity index (χ2n) is 4.58. The first-order valence-electron chi connectivity index (χ1n) is 6.51. The van der Waals surface area contributed by atoms with Gasteiger partial charge >= 0.3 is 0 Å². The van der Waals surface area contributed by atoms with Crippen molar-refractivity contribution in [3.05, 3.63) is 23.9 Å². The summed E-state index contributed by atoms with van der Waals surface area (Å²) in [5.74, 6) is 0.955. The molecule has 1 amide bonds. The highest BCUT2D eigenvalue weighted by molar-refractivity contribution is 5.96. The molecule has 1 aromatic rings. The van der Waals surface area contributed by atoms with Crippen LogP contribution < -0.4 is 10.1 Å². The van der Waals surface area contributed by atoms with Crippen molar-refractivity contribution < 1.29 is 9.53 Å². The zero-order chi connectivity index (χ0) is 13.4. The summed E-state index contributed by atoms with van der Waals surface area (Å²) in [6.45, 7) is 7.42. The minimum Gasteiger partial charge on any atom is -0.477 e. The maximum Gasteiger partial charge on any atom is 0.256 e. The van der Waals surface area contributed by atoms with Crippen molar-refractivity contribution in [2.45, 2.75) is 33.6 Å². The van der Waals surface area contributed by atoms with Crippen LogP contribution in [-0.2, 0) is 0 Å². The molecule has 100 valence electrons. The quantitative estimate of drug-likeness (QED) is 0.757. The number of carbonyl (C=O) groups excluding carboxylic acids is 1. The molecule has 0 fully saturated rings. The normalized spacial score (nSPS) is 10.4. The Morgan fingerprint density at radius 2 is 2.28 bits per heavy atom. The van der Waals surface area contributed by atoms with E-state index in [1.807, 2.05) is 6.92 Å². The molecule has 1 rings (SSSR count). The molecule has 4 heteroatoms. The van der Waals surface area contributed by atoms with Gasteiger partial charge in [-0.1, -0.05) is 13.8 Å². The van der Waals surface area contributed by atoms with Gasteiger partial charge in [0.1, 0.15) is 5.56 Å². The summed E-state index contributed by atoms with van der Waals surface area (Å²) in [6.07, 6.45) is 3.74. The van der Waals surface area contributed by atoms with Crippen LogP contribution in [0, 0.1) is 5.92 Å². The summed E-state index contributed by atoms with van der Waals surface area (Å²) in [5.41, 5.74) is 0.504. The van der Waals surface area contributed by atoms with Gasteiger partial charge in [-0.3, -0.25) is 4.79 Å². The summed E-state index contributed by atoms with van der Waals surface area (Å²) in [5, 5.41) is 2.89. The fourth-order valence-corrected chi connectivity index (χ4v) is 1.62. The number of carbonyl (C=O) groups is 1. The molecule has 18 heavy (non-hydrogen) atoms. The highest BCUT2D eigenvalue weighted by Gasteiger charge is 2.12. The lowest BCUT2D eigenvalue weighted by Crippen LogP contribution is -2.25. The smallest absolute Gasteiger partial charge is 0.256 e. The van der Waals surface area contributed by atoms with Gasteiger partial charge in [-0.25, -0.2) is 4.98 Å². The van der Waals surface area contributed by atoms with Crippen LogP contribution >= 0.6 is 0 Å². The predicted octanol–water partition coefficient (Wildman–Crippen LogP) is 2.65. The minimum absolute atomic E-state index is 0.115. The lowest BCUT2D eigenvalue weighted by molar-refractivity contribution is 0.0948. The third-order valence-electron chi connectivity index (χ3n) is 2.54. The molecule has 0 saturated carbocycles. The third kappa shape index (κ3) is 4.73. The summed E-state index contributed by atoms with van der Waals surface area (Å²) in [6, 6.07) is 3.47. The zero-order valence-electron chi connectivity index (χ0n) is 11.4. The Balaban J connectivity index is 2.50. The average Bonchev–Trinajstić information content (AvgIpc) is 2.35. The number of pyridine rings is 1. The zero-order valence-corrected chi connectivity index (χ0v) is 11.4. The second-order valence-corrected chi connectivity index (χ2v) is 4.58. The molecule has 0 radical (unpaired) electrons. The van der Waals surface area contributed by atoms with Crippen molar-refractivity contribution in [2.24, 2.45) is 5.92 Å². The Morgan fingerprint density at radius 1 is 1.50 bits per heavy atom. The van der Waals surface area contributed by atoms with Crippen LogP contribution in [0.5, 0.6) is 5.88 Å². The molecule has 0 aliphatic carbocycles. The predicted molar refractivity (Wildman–Crippen MR) is 71.8 cm³/mol. The van der Waals surface area contributed by atoms with Crippen LogP contribution in [-0.4, -0.2) is 24.0 Å². The fourth-order valence-electron chi connectivity index (χ4n) is 1.62. The van der Waals surface area contributed by atoms with E-state index in [0.29, 0.717) is 30.5 Å². The van der Waals surface area contributed by atoms with Crippen LogP contribution in [0.2, 0.25) is 0 Å². The Labute approximate surface area is 109 Å². The lowest BCUT2D eigenvalue weighted by Gasteiger charge is -2.09. The molecular weight excluding hydrogens is 228 g/mol. The van der Waals surface area contributed by atoms with Gasteiger partial charge in [0.15, 0.2) is 0 Å². The first-order chi connectivity index (χ1) is 8.65. The van der Waals surface area contributed by atoms with Crippen molar-refractivity contribution in [3.63, 3.8) is 0 Å². The monoisotopic (exact) mass is 250 g/mol. The van der Waals surface area contributed by atoms with Gasteiger partial charge in [-0.2, -0.15) is 0 Å². The largest absolute Gasteiger partial charge is 0.477 e. The standard InChI is InChI=1S/C14H22N2O2/c1-4-18-14-12(8-6-10-16-14)13(17)15-9-5-7-11(2)3/h6,8,10-11H,4-5,7,9H2,1-3H3,(H,15,17). The first-order valence-corrected chi connectivity index (χ1v) is 6.51. The molecule has 4 nitrogen and oxygen atoms in total. The summed E-state index contributed by atoms with van der Waals surface area (Å²) >= 11 is 0. The molecule has 0 unspecified atom stereocenters. The van der Waals surface area contributed by atoms with E-state index in [9.17, 15) is 4.79 Å². The molecule has 1 heterocycles. The first kappa shape index (κ1) is 14.5. The van der Waals surface area contributed by atoms with Crippen molar-refractivity contribution in [1.82, 2.24) is 10.3 Å². The Hall–Kier alpha value is -1.58. The minimum atomic E-state index is -0.115. The fraction of sp³-hybridized carbons (Fsp3) is 0.571. The van der Waals surface area contributed by atoms with Crippen molar-refractivity contribution in [1.29, 1.82) is 0 Å². The number of nitrogens with zero attached hydrogens (tertiary/aromatic N) is 1. The Morgan fingerprint density at radius 3 is 2.94 bits per heavy atom. The highest BCUT2D eigenvalue weighted by atomic mass is 16.5. The highest BCUT2D eigenvalue weighted by Crippen LogP contribution is 2.14. The topological polar surface area (TPSA) is 51.2 Å². The Bertz CT molecular complexity index is 378.